The van der Waals surface area contributed by atoms with E-state index in [1.54, 1.807) is 17.3 Å². The highest BCUT2D eigenvalue weighted by Gasteiger charge is 2.46. The van der Waals surface area contributed by atoms with Crippen LogP contribution in [0.3, 0.4) is 0 Å². The van der Waals surface area contributed by atoms with Crippen LogP contribution < -0.4 is 4.90 Å². The average molecular weight is 358 g/mol. The minimum Gasteiger partial charge on any atom is -0.338 e. The van der Waals surface area contributed by atoms with Crippen LogP contribution in [0.25, 0.3) is 0 Å². The number of imide groups is 1. The monoisotopic (exact) mass is 358 g/mol. The molecule has 0 aliphatic carbocycles. The van der Waals surface area contributed by atoms with Crippen LogP contribution in [0.4, 0.5) is 10.7 Å². The summed E-state index contributed by atoms with van der Waals surface area (Å²) in [6, 6.07) is 1.59. The molecular weight excluding hydrogens is 332 g/mol. The number of nitrogens with zero attached hydrogens (tertiary/aromatic N) is 6. The summed E-state index contributed by atoms with van der Waals surface area (Å²) in [7, 11) is 0. The first kappa shape index (κ1) is 17.2. The molecule has 3 aliphatic heterocycles. The number of amides is 3. The van der Waals surface area contributed by atoms with Gasteiger partial charge < -0.3 is 9.80 Å². The first-order valence-electron chi connectivity index (χ1n) is 9.60. The van der Waals surface area contributed by atoms with Gasteiger partial charge in [0.1, 0.15) is 6.04 Å². The van der Waals surface area contributed by atoms with Crippen LogP contribution in [0.15, 0.2) is 18.5 Å². The largest absolute Gasteiger partial charge is 0.338 e. The Labute approximate surface area is 153 Å². The quantitative estimate of drug-likeness (QED) is 0.553. The summed E-state index contributed by atoms with van der Waals surface area (Å²) in [4.78, 5) is 41.0. The molecule has 3 amide bonds. The van der Waals surface area contributed by atoms with E-state index in [0.717, 1.165) is 70.9 Å². The Morgan fingerprint density at radius 1 is 0.962 bits per heavy atom. The van der Waals surface area contributed by atoms with Gasteiger partial charge in [-0.25, -0.2) is 14.8 Å². The molecule has 3 saturated heterocycles. The summed E-state index contributed by atoms with van der Waals surface area (Å²) in [5.74, 6) is 0.822. The fraction of sp³-hybridized carbons (Fsp3) is 0.667. The van der Waals surface area contributed by atoms with E-state index in [2.05, 4.69) is 19.8 Å². The molecule has 4 heterocycles. The third-order valence-corrected chi connectivity index (χ3v) is 5.59. The van der Waals surface area contributed by atoms with E-state index in [4.69, 9.17) is 0 Å². The molecule has 1 atom stereocenters. The first-order valence-corrected chi connectivity index (χ1v) is 9.60. The van der Waals surface area contributed by atoms with Crippen molar-refractivity contribution >= 4 is 17.9 Å². The van der Waals surface area contributed by atoms with Gasteiger partial charge in [-0.2, -0.15) is 0 Å². The summed E-state index contributed by atoms with van der Waals surface area (Å²) in [6.07, 6.45) is 7.22. The minimum absolute atomic E-state index is 0.0176. The van der Waals surface area contributed by atoms with Gasteiger partial charge in [0.2, 0.25) is 5.95 Å². The Balaban J connectivity index is 1.16. The zero-order valence-corrected chi connectivity index (χ0v) is 15.1. The number of piperazine rings is 1. The molecule has 3 aliphatic rings. The molecule has 0 bridgehead atoms. The van der Waals surface area contributed by atoms with Crippen LogP contribution in [0, 0.1) is 0 Å². The molecule has 8 nitrogen and oxygen atoms in total. The van der Waals surface area contributed by atoms with Crippen molar-refractivity contribution in [2.45, 2.75) is 31.7 Å². The molecular formula is C18H26N6O2. The van der Waals surface area contributed by atoms with Gasteiger partial charge in [0.15, 0.2) is 0 Å². The number of anilines is 1. The highest BCUT2D eigenvalue weighted by molar-refractivity contribution is 6.04. The topological polar surface area (TPSA) is 72.9 Å². The third-order valence-electron chi connectivity index (χ3n) is 5.59. The summed E-state index contributed by atoms with van der Waals surface area (Å²) in [6.45, 7) is 6.16. The van der Waals surface area contributed by atoms with Crippen molar-refractivity contribution in [3.8, 4) is 0 Å². The van der Waals surface area contributed by atoms with E-state index < -0.39 is 0 Å². The predicted octanol–water partition coefficient (Wildman–Crippen LogP) is 0.805. The van der Waals surface area contributed by atoms with Gasteiger partial charge in [-0.15, -0.1) is 0 Å². The summed E-state index contributed by atoms with van der Waals surface area (Å²) in [5, 5.41) is 0. The van der Waals surface area contributed by atoms with Gasteiger partial charge in [0.25, 0.3) is 5.91 Å². The van der Waals surface area contributed by atoms with Gasteiger partial charge in [-0.05, 0) is 38.3 Å². The second-order valence-electron chi connectivity index (χ2n) is 7.21. The van der Waals surface area contributed by atoms with Gasteiger partial charge in [-0.1, -0.05) is 0 Å². The number of hydrogen-bond acceptors (Lipinski definition) is 6. The summed E-state index contributed by atoms with van der Waals surface area (Å²) >= 11 is 0. The van der Waals surface area contributed by atoms with Crippen molar-refractivity contribution in [3.63, 3.8) is 0 Å². The molecule has 26 heavy (non-hydrogen) atoms. The highest BCUT2D eigenvalue weighted by Crippen LogP contribution is 2.27. The second-order valence-corrected chi connectivity index (χ2v) is 7.21. The number of rotatable bonds is 6. The van der Waals surface area contributed by atoms with Crippen molar-refractivity contribution in [3.05, 3.63) is 18.5 Å². The number of fused-ring (bicyclic) bond motifs is 1. The number of unbranched alkanes of at least 4 members (excludes halogenated alkanes) is 1. The first-order chi connectivity index (χ1) is 12.7. The number of aromatic nitrogens is 2. The molecule has 0 radical (unpaired) electrons. The van der Waals surface area contributed by atoms with Gasteiger partial charge in [-0.3, -0.25) is 14.6 Å². The number of carbonyl (C=O) groups excluding carboxylic acids is 2. The van der Waals surface area contributed by atoms with E-state index in [0.29, 0.717) is 6.54 Å². The number of hydrogen-bond donors (Lipinski definition) is 0. The molecule has 0 saturated carbocycles. The van der Waals surface area contributed by atoms with Crippen molar-refractivity contribution in [1.82, 2.24) is 24.7 Å². The van der Waals surface area contributed by atoms with Crippen molar-refractivity contribution in [1.29, 1.82) is 0 Å². The van der Waals surface area contributed by atoms with Crippen molar-refractivity contribution in [2.24, 2.45) is 0 Å². The van der Waals surface area contributed by atoms with E-state index in [-0.39, 0.29) is 18.0 Å². The molecule has 8 heteroatoms. The van der Waals surface area contributed by atoms with Crippen LogP contribution in [0.1, 0.15) is 25.7 Å². The molecule has 1 aromatic heterocycles. The van der Waals surface area contributed by atoms with Crippen LogP contribution in [0.5, 0.6) is 0 Å². The Bertz CT molecular complexity index is 624. The zero-order valence-electron chi connectivity index (χ0n) is 15.1. The van der Waals surface area contributed by atoms with Gasteiger partial charge >= 0.3 is 6.03 Å². The summed E-state index contributed by atoms with van der Waals surface area (Å²) < 4.78 is 0. The lowest BCUT2D eigenvalue weighted by molar-refractivity contribution is -0.128. The second kappa shape index (κ2) is 7.57. The molecule has 140 valence electrons. The van der Waals surface area contributed by atoms with E-state index in [1.165, 1.54) is 4.90 Å². The van der Waals surface area contributed by atoms with Crippen LogP contribution >= 0.6 is 0 Å². The SMILES string of the molecule is O=C1[C@@H]2CCCN2C(=O)N1CCCCN1CCN(c2ncccn2)CC1. The van der Waals surface area contributed by atoms with Gasteiger partial charge in [0, 0.05) is 51.7 Å². The van der Waals surface area contributed by atoms with E-state index in [9.17, 15) is 9.59 Å². The van der Waals surface area contributed by atoms with Crippen LogP contribution in [0.2, 0.25) is 0 Å². The van der Waals surface area contributed by atoms with Gasteiger partial charge in [0.05, 0.1) is 0 Å². The maximum Gasteiger partial charge on any atom is 0.327 e. The Morgan fingerprint density at radius 2 is 1.69 bits per heavy atom. The van der Waals surface area contributed by atoms with E-state index >= 15 is 0 Å². The lowest BCUT2D eigenvalue weighted by atomic mass is 10.2. The average Bonchev–Trinajstić information content (AvgIpc) is 3.25. The Kier molecular flexibility index (Phi) is 5.01. The smallest absolute Gasteiger partial charge is 0.327 e. The minimum atomic E-state index is -0.171. The Hall–Kier alpha value is -2.22. The maximum atomic E-state index is 12.3. The van der Waals surface area contributed by atoms with E-state index in [1.807, 2.05) is 6.07 Å². The fourth-order valence-electron chi connectivity index (χ4n) is 4.12. The normalized spacial score (nSPS) is 23.8. The molecule has 0 aromatic carbocycles. The fourth-order valence-corrected chi connectivity index (χ4v) is 4.12. The number of urea groups is 1. The Morgan fingerprint density at radius 3 is 2.42 bits per heavy atom. The number of carbonyl (C=O) groups is 2. The maximum absolute atomic E-state index is 12.3. The lowest BCUT2D eigenvalue weighted by Gasteiger charge is -2.34. The van der Waals surface area contributed by atoms with Crippen molar-refractivity contribution < 1.29 is 9.59 Å². The molecule has 0 spiro atoms. The summed E-state index contributed by atoms with van der Waals surface area (Å²) in [5.41, 5.74) is 0. The zero-order chi connectivity index (χ0) is 17.9. The standard InChI is InChI=1S/C18H26N6O2/c25-16-15-5-3-10-23(15)18(26)24(16)9-2-1-8-21-11-13-22(14-12-21)17-19-6-4-7-20-17/h4,6-7,15H,1-3,5,8-14H2/t15-/m0/s1. The highest BCUT2D eigenvalue weighted by atomic mass is 16.2. The molecule has 4 rings (SSSR count). The van der Waals surface area contributed by atoms with Crippen LogP contribution in [-0.4, -0.2) is 88.5 Å². The molecule has 0 N–H and O–H groups in total. The molecule has 1 aromatic rings. The predicted molar refractivity (Wildman–Crippen MR) is 96.8 cm³/mol. The third kappa shape index (κ3) is 3.38. The van der Waals surface area contributed by atoms with Crippen LogP contribution in [-0.2, 0) is 4.79 Å². The molecule has 0 unspecified atom stereocenters. The molecule has 3 fully saturated rings. The lowest BCUT2D eigenvalue weighted by Crippen LogP contribution is -2.47. The van der Waals surface area contributed by atoms with Crippen molar-refractivity contribution in [2.75, 3.05) is 50.7 Å².